The molecule has 1 atom stereocenters. The number of aliphatic imine (C=N–C) groups is 1. The molecule has 28 heavy (non-hydrogen) atoms. The Morgan fingerprint density at radius 2 is 2.21 bits per heavy atom. The van der Waals surface area contributed by atoms with E-state index >= 15 is 0 Å². The molecule has 1 amide bonds. The van der Waals surface area contributed by atoms with Crippen molar-refractivity contribution in [2.45, 2.75) is 71.9 Å². The molecule has 0 saturated carbocycles. The summed E-state index contributed by atoms with van der Waals surface area (Å²) in [5.41, 5.74) is 0.631. The van der Waals surface area contributed by atoms with Crippen molar-refractivity contribution in [1.82, 2.24) is 20.5 Å². The minimum atomic E-state index is -0.476. The van der Waals surface area contributed by atoms with Crippen molar-refractivity contribution in [1.29, 1.82) is 0 Å². The number of alkyl carbamates (subject to hydrolysis) is 1. The van der Waals surface area contributed by atoms with E-state index in [1.807, 2.05) is 27.7 Å². The molecule has 1 aliphatic rings. The highest BCUT2D eigenvalue weighted by atomic mass is 32.1. The van der Waals surface area contributed by atoms with E-state index < -0.39 is 5.60 Å². The lowest BCUT2D eigenvalue weighted by Gasteiger charge is -2.23. The van der Waals surface area contributed by atoms with Crippen molar-refractivity contribution >= 4 is 23.4 Å². The molecule has 2 N–H and O–H groups in total. The van der Waals surface area contributed by atoms with E-state index in [1.54, 1.807) is 11.3 Å². The maximum Gasteiger partial charge on any atom is 0.407 e. The molecule has 0 aromatic carbocycles. The van der Waals surface area contributed by atoms with E-state index in [1.165, 1.54) is 5.01 Å². The summed E-state index contributed by atoms with van der Waals surface area (Å²) < 4.78 is 5.35. The summed E-state index contributed by atoms with van der Waals surface area (Å²) in [6, 6.07) is 0.0897. The SMILES string of the molecule is CCNC(=NCCCCc1nc(C)cs1)N1CCC(NC(=O)OC(C)(C)C)C1. The predicted octanol–water partition coefficient (Wildman–Crippen LogP) is 3.34. The summed E-state index contributed by atoms with van der Waals surface area (Å²) in [4.78, 5) is 23.5. The van der Waals surface area contributed by atoms with E-state index in [-0.39, 0.29) is 12.1 Å². The molecule has 1 unspecified atom stereocenters. The maximum atomic E-state index is 12.0. The lowest BCUT2D eigenvalue weighted by atomic mass is 10.2. The monoisotopic (exact) mass is 409 g/mol. The van der Waals surface area contributed by atoms with Gasteiger partial charge >= 0.3 is 6.09 Å². The van der Waals surface area contributed by atoms with Gasteiger partial charge < -0.3 is 20.3 Å². The topological polar surface area (TPSA) is 78.9 Å². The molecule has 0 bridgehead atoms. The minimum Gasteiger partial charge on any atom is -0.444 e. The van der Waals surface area contributed by atoms with Crippen LogP contribution in [-0.4, -0.2) is 59.8 Å². The van der Waals surface area contributed by atoms with Gasteiger partial charge in [-0.05, 0) is 60.3 Å². The number of unbranched alkanes of at least 4 members (excludes halogenated alkanes) is 1. The van der Waals surface area contributed by atoms with Gasteiger partial charge in [0.15, 0.2) is 5.96 Å². The first-order chi connectivity index (χ1) is 13.3. The molecule has 1 aromatic rings. The van der Waals surface area contributed by atoms with Crippen molar-refractivity contribution in [3.05, 3.63) is 16.1 Å². The number of aromatic nitrogens is 1. The number of hydrogen-bond acceptors (Lipinski definition) is 5. The summed E-state index contributed by atoms with van der Waals surface area (Å²) in [7, 11) is 0. The largest absolute Gasteiger partial charge is 0.444 e. The summed E-state index contributed by atoms with van der Waals surface area (Å²) in [5.74, 6) is 0.932. The van der Waals surface area contributed by atoms with Crippen LogP contribution in [0.1, 0.15) is 57.7 Å². The first-order valence-electron chi connectivity index (χ1n) is 10.2. The van der Waals surface area contributed by atoms with Crippen molar-refractivity contribution in [3.8, 4) is 0 Å². The Bertz CT molecular complexity index is 653. The Morgan fingerprint density at radius 1 is 1.43 bits per heavy atom. The fraction of sp³-hybridized carbons (Fsp3) is 0.750. The second-order valence-electron chi connectivity index (χ2n) is 8.15. The smallest absolute Gasteiger partial charge is 0.407 e. The van der Waals surface area contributed by atoms with Gasteiger partial charge in [0.05, 0.1) is 11.0 Å². The number of thiazole rings is 1. The van der Waals surface area contributed by atoms with Crippen LogP contribution in [-0.2, 0) is 11.2 Å². The Labute approximate surface area is 173 Å². The molecule has 7 nitrogen and oxygen atoms in total. The number of aryl methyl sites for hydroxylation is 2. The van der Waals surface area contributed by atoms with Crippen LogP contribution in [0.5, 0.6) is 0 Å². The van der Waals surface area contributed by atoms with Gasteiger partial charge in [0.2, 0.25) is 0 Å². The molecule has 2 heterocycles. The molecule has 1 aliphatic heterocycles. The molecule has 1 saturated heterocycles. The van der Waals surface area contributed by atoms with E-state index in [0.29, 0.717) is 0 Å². The zero-order valence-corrected chi connectivity index (χ0v) is 18.7. The maximum absolute atomic E-state index is 12.0. The third-order valence-corrected chi connectivity index (χ3v) is 5.30. The summed E-state index contributed by atoms with van der Waals surface area (Å²) >= 11 is 1.74. The van der Waals surface area contributed by atoms with Crippen LogP contribution in [0.15, 0.2) is 10.4 Å². The highest BCUT2D eigenvalue weighted by Crippen LogP contribution is 2.13. The number of likely N-dealkylation sites (tertiary alicyclic amines) is 1. The van der Waals surface area contributed by atoms with Crippen molar-refractivity contribution < 1.29 is 9.53 Å². The average Bonchev–Trinajstić information content (AvgIpc) is 3.21. The second-order valence-corrected chi connectivity index (χ2v) is 9.10. The number of guanidine groups is 1. The van der Waals surface area contributed by atoms with Gasteiger partial charge in [0.25, 0.3) is 0 Å². The van der Waals surface area contributed by atoms with Crippen LogP contribution in [0.3, 0.4) is 0 Å². The molecule has 8 heteroatoms. The zero-order valence-electron chi connectivity index (χ0n) is 17.9. The lowest BCUT2D eigenvalue weighted by molar-refractivity contribution is 0.0507. The number of carbonyl (C=O) groups excluding carboxylic acids is 1. The number of nitrogens with zero attached hydrogens (tertiary/aromatic N) is 3. The highest BCUT2D eigenvalue weighted by Gasteiger charge is 2.27. The van der Waals surface area contributed by atoms with Gasteiger partial charge in [-0.2, -0.15) is 0 Å². The standard InChI is InChI=1S/C20H35N5O2S/c1-6-21-18(22-11-8-7-9-17-23-15(2)14-28-17)25-12-10-16(13-25)24-19(26)27-20(3,4)5/h14,16H,6-13H2,1-5H3,(H,21,22)(H,24,26). The summed E-state index contributed by atoms with van der Waals surface area (Å²) in [6.07, 6.45) is 3.71. The van der Waals surface area contributed by atoms with Gasteiger partial charge in [-0.15, -0.1) is 11.3 Å². The number of amides is 1. The Balaban J connectivity index is 1.76. The summed E-state index contributed by atoms with van der Waals surface area (Å²) in [5, 5.41) is 9.65. The van der Waals surface area contributed by atoms with Crippen molar-refractivity contribution in [2.75, 3.05) is 26.2 Å². The van der Waals surface area contributed by atoms with E-state index in [0.717, 1.165) is 63.5 Å². The van der Waals surface area contributed by atoms with Gasteiger partial charge in [0.1, 0.15) is 5.60 Å². The third-order valence-electron chi connectivity index (χ3n) is 4.27. The molecule has 0 aliphatic carbocycles. The van der Waals surface area contributed by atoms with Crippen LogP contribution in [0.2, 0.25) is 0 Å². The molecule has 2 rings (SSSR count). The number of nitrogens with one attached hydrogen (secondary N) is 2. The van der Waals surface area contributed by atoms with Crippen molar-refractivity contribution in [2.24, 2.45) is 4.99 Å². The molecular formula is C20H35N5O2S. The fourth-order valence-electron chi connectivity index (χ4n) is 3.06. The number of ether oxygens (including phenoxy) is 1. The minimum absolute atomic E-state index is 0.0897. The second kappa shape index (κ2) is 10.6. The third kappa shape index (κ3) is 8.04. The first kappa shape index (κ1) is 22.5. The molecule has 1 fully saturated rings. The molecule has 0 radical (unpaired) electrons. The van der Waals surface area contributed by atoms with E-state index in [4.69, 9.17) is 9.73 Å². The first-order valence-corrected chi connectivity index (χ1v) is 11.1. The van der Waals surface area contributed by atoms with Crippen molar-refractivity contribution in [3.63, 3.8) is 0 Å². The van der Waals surface area contributed by atoms with Crippen LogP contribution in [0.4, 0.5) is 4.79 Å². The van der Waals surface area contributed by atoms with Gasteiger partial charge in [-0.1, -0.05) is 0 Å². The predicted molar refractivity (Wildman–Crippen MR) is 115 cm³/mol. The van der Waals surface area contributed by atoms with E-state index in [9.17, 15) is 4.79 Å². The van der Waals surface area contributed by atoms with Gasteiger partial charge in [0, 0.05) is 37.3 Å². The Hall–Kier alpha value is -1.83. The zero-order chi connectivity index (χ0) is 20.6. The summed E-state index contributed by atoms with van der Waals surface area (Å²) in [6.45, 7) is 13.0. The molecule has 1 aromatic heterocycles. The number of carbonyl (C=O) groups is 1. The normalized spacial score (nSPS) is 17.7. The molecule has 0 spiro atoms. The fourth-order valence-corrected chi connectivity index (χ4v) is 3.88. The van der Waals surface area contributed by atoms with Crippen LogP contribution in [0, 0.1) is 6.92 Å². The lowest BCUT2D eigenvalue weighted by Crippen LogP contribution is -2.44. The quantitative estimate of drug-likeness (QED) is 0.410. The van der Waals surface area contributed by atoms with Crippen LogP contribution in [0.25, 0.3) is 0 Å². The number of hydrogen-bond donors (Lipinski definition) is 2. The van der Waals surface area contributed by atoms with E-state index in [2.05, 4.69) is 32.8 Å². The highest BCUT2D eigenvalue weighted by molar-refractivity contribution is 7.09. The molecule has 158 valence electrons. The van der Waals surface area contributed by atoms with Gasteiger partial charge in [-0.3, -0.25) is 4.99 Å². The van der Waals surface area contributed by atoms with Crippen LogP contribution >= 0.6 is 11.3 Å². The molecular weight excluding hydrogens is 374 g/mol. The van der Waals surface area contributed by atoms with Gasteiger partial charge in [-0.25, -0.2) is 9.78 Å². The number of rotatable bonds is 7. The Morgan fingerprint density at radius 3 is 2.86 bits per heavy atom. The Kier molecular flexibility index (Phi) is 8.54. The average molecular weight is 410 g/mol. The van der Waals surface area contributed by atoms with Crippen LogP contribution < -0.4 is 10.6 Å².